The van der Waals surface area contributed by atoms with E-state index in [2.05, 4.69) is 24.8 Å². The van der Waals surface area contributed by atoms with Crippen molar-refractivity contribution in [2.75, 3.05) is 22.9 Å². The maximum absolute atomic E-state index is 4.81. The molecule has 1 aromatic carbocycles. The number of piperazine rings is 1. The van der Waals surface area contributed by atoms with Gasteiger partial charge in [0.05, 0.1) is 29.3 Å². The molecule has 2 unspecified atom stereocenters. The first-order valence-electron chi connectivity index (χ1n) is 8.33. The van der Waals surface area contributed by atoms with Crippen LogP contribution in [-0.2, 0) is 0 Å². The van der Waals surface area contributed by atoms with Crippen LogP contribution in [0.5, 0.6) is 0 Å². The number of fused-ring (bicyclic) bond motifs is 3. The number of benzene rings is 1. The number of aromatic nitrogens is 4. The van der Waals surface area contributed by atoms with Crippen LogP contribution in [0.4, 0.5) is 11.8 Å². The first-order chi connectivity index (χ1) is 11.8. The third-order valence-corrected chi connectivity index (χ3v) is 4.96. The normalized spacial score (nSPS) is 22.5. The fourth-order valence-electron chi connectivity index (χ4n) is 3.81. The molecule has 2 bridgehead atoms. The Kier molecular flexibility index (Phi) is 2.92. The number of piperidine rings is 1. The lowest BCUT2D eigenvalue weighted by Gasteiger charge is -2.56. The van der Waals surface area contributed by atoms with Crippen LogP contribution >= 0.6 is 0 Å². The molecule has 3 aliphatic rings. The number of para-hydroxylation sites is 2. The predicted octanol–water partition coefficient (Wildman–Crippen LogP) is 2.20. The molecule has 6 rings (SSSR count). The highest BCUT2D eigenvalue weighted by atomic mass is 15.4. The molecular weight excluding hydrogens is 300 g/mol. The molecule has 0 amide bonds. The van der Waals surface area contributed by atoms with Gasteiger partial charge in [0.1, 0.15) is 5.82 Å². The molecule has 0 saturated carbocycles. The number of hydrogen-bond acceptors (Lipinski definition) is 6. The van der Waals surface area contributed by atoms with Gasteiger partial charge in [-0.05, 0) is 31.5 Å². The molecule has 6 nitrogen and oxygen atoms in total. The molecule has 0 aliphatic carbocycles. The lowest BCUT2D eigenvalue weighted by Crippen LogP contribution is -2.69. The highest BCUT2D eigenvalue weighted by Crippen LogP contribution is 2.37. The summed E-state index contributed by atoms with van der Waals surface area (Å²) in [5.74, 6) is 1.83. The average molecular weight is 318 g/mol. The number of aryl methyl sites for hydroxylation is 1. The van der Waals surface area contributed by atoms with Gasteiger partial charge >= 0.3 is 0 Å². The average Bonchev–Trinajstić information content (AvgIpc) is 2.62. The quantitative estimate of drug-likeness (QED) is 0.722. The van der Waals surface area contributed by atoms with Crippen molar-refractivity contribution in [2.24, 2.45) is 0 Å². The molecule has 24 heavy (non-hydrogen) atoms. The van der Waals surface area contributed by atoms with E-state index in [-0.39, 0.29) is 0 Å². The molecule has 3 aromatic rings. The Morgan fingerprint density at radius 2 is 1.75 bits per heavy atom. The van der Waals surface area contributed by atoms with E-state index < -0.39 is 0 Å². The predicted molar refractivity (Wildman–Crippen MR) is 93.2 cm³/mol. The van der Waals surface area contributed by atoms with Gasteiger partial charge in [0.15, 0.2) is 0 Å². The second-order valence-electron chi connectivity index (χ2n) is 6.57. The maximum atomic E-state index is 4.81. The minimum absolute atomic E-state index is 0.461. The first-order valence-corrected chi connectivity index (χ1v) is 8.33. The van der Waals surface area contributed by atoms with Gasteiger partial charge in [0.25, 0.3) is 0 Å². The number of nitrogens with zero attached hydrogens (tertiary/aromatic N) is 6. The van der Waals surface area contributed by atoms with Gasteiger partial charge in [-0.1, -0.05) is 12.1 Å². The Balaban J connectivity index is 1.40. The monoisotopic (exact) mass is 318 g/mol. The van der Waals surface area contributed by atoms with E-state index in [4.69, 9.17) is 4.98 Å². The van der Waals surface area contributed by atoms with Crippen LogP contribution in [0.2, 0.25) is 0 Å². The Hall–Kier alpha value is -2.76. The highest BCUT2D eigenvalue weighted by molar-refractivity contribution is 5.75. The third kappa shape index (κ3) is 2.10. The van der Waals surface area contributed by atoms with E-state index in [0.29, 0.717) is 12.1 Å². The van der Waals surface area contributed by atoms with Gasteiger partial charge in [-0.3, -0.25) is 4.98 Å². The molecule has 0 radical (unpaired) electrons. The topological polar surface area (TPSA) is 58.0 Å². The van der Waals surface area contributed by atoms with Crippen LogP contribution in [-0.4, -0.2) is 45.1 Å². The van der Waals surface area contributed by atoms with Crippen molar-refractivity contribution in [3.05, 3.63) is 48.4 Å². The van der Waals surface area contributed by atoms with Gasteiger partial charge < -0.3 is 9.80 Å². The molecule has 3 aliphatic heterocycles. The minimum atomic E-state index is 0.461. The zero-order chi connectivity index (χ0) is 16.1. The van der Waals surface area contributed by atoms with E-state index in [1.165, 1.54) is 6.42 Å². The van der Waals surface area contributed by atoms with Crippen LogP contribution in [0.15, 0.2) is 42.7 Å². The smallest absolute Gasteiger partial charge is 0.225 e. The van der Waals surface area contributed by atoms with Crippen molar-refractivity contribution in [3.63, 3.8) is 0 Å². The standard InChI is InChI=1S/C18H18N6/c1-12-6-7-19-18(21-12)23-10-13-8-14(11-23)24(13)17-9-20-15-4-2-3-5-16(15)22-17/h2-7,9,13-14H,8,10-11H2,1H3. The summed E-state index contributed by atoms with van der Waals surface area (Å²) >= 11 is 0. The number of rotatable bonds is 2. The third-order valence-electron chi connectivity index (χ3n) is 4.96. The van der Waals surface area contributed by atoms with E-state index in [9.17, 15) is 0 Å². The molecule has 5 heterocycles. The van der Waals surface area contributed by atoms with Crippen molar-refractivity contribution in [1.82, 2.24) is 19.9 Å². The second kappa shape index (κ2) is 5.12. The van der Waals surface area contributed by atoms with Gasteiger partial charge in [0, 0.05) is 25.0 Å². The Labute approximate surface area is 140 Å². The summed E-state index contributed by atoms with van der Waals surface area (Å²) in [5.41, 5.74) is 2.91. The SMILES string of the molecule is Cc1ccnc(N2CC3CC(C2)N3c2cnc3ccccc3n2)n1. The summed E-state index contributed by atoms with van der Waals surface area (Å²) in [5, 5.41) is 0. The largest absolute Gasteiger partial charge is 0.346 e. The number of anilines is 2. The van der Waals surface area contributed by atoms with E-state index in [1.54, 1.807) is 0 Å². The van der Waals surface area contributed by atoms with E-state index in [0.717, 1.165) is 41.6 Å². The Bertz CT molecular complexity index is 899. The fraction of sp³-hybridized carbons (Fsp3) is 0.333. The highest BCUT2D eigenvalue weighted by Gasteiger charge is 2.46. The van der Waals surface area contributed by atoms with E-state index >= 15 is 0 Å². The van der Waals surface area contributed by atoms with Crippen LogP contribution in [0.3, 0.4) is 0 Å². The summed E-state index contributed by atoms with van der Waals surface area (Å²) in [7, 11) is 0. The zero-order valence-corrected chi connectivity index (χ0v) is 13.5. The lowest BCUT2D eigenvalue weighted by atomic mass is 9.87. The summed E-state index contributed by atoms with van der Waals surface area (Å²) < 4.78 is 0. The van der Waals surface area contributed by atoms with Gasteiger partial charge in [-0.2, -0.15) is 0 Å². The summed E-state index contributed by atoms with van der Waals surface area (Å²) in [6, 6.07) is 10.9. The molecule has 2 aromatic heterocycles. The Morgan fingerprint density at radius 1 is 0.958 bits per heavy atom. The van der Waals surface area contributed by atoms with Crippen LogP contribution in [0.25, 0.3) is 11.0 Å². The van der Waals surface area contributed by atoms with E-state index in [1.807, 2.05) is 49.6 Å². The summed E-state index contributed by atoms with van der Waals surface area (Å²) in [6.07, 6.45) is 4.95. The molecule has 3 fully saturated rings. The van der Waals surface area contributed by atoms with Crippen molar-refractivity contribution in [3.8, 4) is 0 Å². The minimum Gasteiger partial charge on any atom is -0.346 e. The molecule has 120 valence electrons. The molecule has 2 atom stereocenters. The lowest BCUT2D eigenvalue weighted by molar-refractivity contribution is 0.286. The molecule has 0 spiro atoms. The Morgan fingerprint density at radius 3 is 2.54 bits per heavy atom. The zero-order valence-electron chi connectivity index (χ0n) is 13.5. The maximum Gasteiger partial charge on any atom is 0.225 e. The van der Waals surface area contributed by atoms with Gasteiger partial charge in [-0.25, -0.2) is 15.0 Å². The summed E-state index contributed by atoms with van der Waals surface area (Å²) in [6.45, 7) is 3.88. The summed E-state index contributed by atoms with van der Waals surface area (Å²) in [4.78, 5) is 23.0. The molecule has 6 heteroatoms. The van der Waals surface area contributed by atoms with Crippen LogP contribution in [0.1, 0.15) is 12.1 Å². The molecule has 3 saturated heterocycles. The molecular formula is C18H18N6. The first kappa shape index (κ1) is 13.7. The van der Waals surface area contributed by atoms with Crippen LogP contribution in [0, 0.1) is 6.92 Å². The van der Waals surface area contributed by atoms with Crippen molar-refractivity contribution in [1.29, 1.82) is 0 Å². The fourth-order valence-corrected chi connectivity index (χ4v) is 3.81. The van der Waals surface area contributed by atoms with Gasteiger partial charge in [0.2, 0.25) is 5.95 Å². The van der Waals surface area contributed by atoms with Crippen molar-refractivity contribution < 1.29 is 0 Å². The number of hydrogen-bond donors (Lipinski definition) is 0. The van der Waals surface area contributed by atoms with Gasteiger partial charge in [-0.15, -0.1) is 0 Å². The van der Waals surface area contributed by atoms with Crippen molar-refractivity contribution >= 4 is 22.8 Å². The molecule has 0 N–H and O–H groups in total. The van der Waals surface area contributed by atoms with Crippen molar-refractivity contribution in [2.45, 2.75) is 25.4 Å². The second-order valence-corrected chi connectivity index (χ2v) is 6.57. The van der Waals surface area contributed by atoms with Crippen LogP contribution < -0.4 is 9.80 Å².